The molecule has 1 aromatic carbocycles. The molecule has 0 spiro atoms. The SMILES string of the molecule is CNS(=O)(=O)c1ccc(-c2ccc(N)cn2)cc1. The van der Waals surface area contributed by atoms with Crippen LogP contribution in [-0.2, 0) is 10.0 Å². The first-order chi connectivity index (χ1) is 8.53. The third-order valence-corrected chi connectivity index (χ3v) is 3.95. The Bertz CT molecular complexity index is 634. The summed E-state index contributed by atoms with van der Waals surface area (Å²) >= 11 is 0. The molecule has 1 aromatic heterocycles. The Morgan fingerprint density at radius 3 is 2.28 bits per heavy atom. The maximum atomic E-state index is 11.6. The first kappa shape index (κ1) is 12.5. The van der Waals surface area contributed by atoms with E-state index in [0.717, 1.165) is 11.3 Å². The van der Waals surface area contributed by atoms with Crippen molar-refractivity contribution < 1.29 is 8.42 Å². The summed E-state index contributed by atoms with van der Waals surface area (Å²) < 4.78 is 25.4. The van der Waals surface area contributed by atoms with Gasteiger partial charge < -0.3 is 5.73 Å². The van der Waals surface area contributed by atoms with E-state index in [-0.39, 0.29) is 4.90 Å². The quantitative estimate of drug-likeness (QED) is 0.872. The van der Waals surface area contributed by atoms with E-state index in [0.29, 0.717) is 5.69 Å². The zero-order chi connectivity index (χ0) is 13.2. The fourth-order valence-corrected chi connectivity index (χ4v) is 2.23. The second-order valence-electron chi connectivity index (χ2n) is 3.71. The van der Waals surface area contributed by atoms with E-state index in [1.54, 1.807) is 42.6 Å². The number of benzene rings is 1. The van der Waals surface area contributed by atoms with E-state index in [9.17, 15) is 8.42 Å². The van der Waals surface area contributed by atoms with Gasteiger partial charge in [-0.25, -0.2) is 13.1 Å². The smallest absolute Gasteiger partial charge is 0.240 e. The van der Waals surface area contributed by atoms with Crippen LogP contribution in [0.4, 0.5) is 5.69 Å². The Balaban J connectivity index is 2.36. The van der Waals surface area contributed by atoms with E-state index < -0.39 is 10.0 Å². The number of nitrogens with zero attached hydrogens (tertiary/aromatic N) is 1. The number of hydrogen-bond acceptors (Lipinski definition) is 4. The molecule has 0 unspecified atom stereocenters. The zero-order valence-electron chi connectivity index (χ0n) is 9.79. The van der Waals surface area contributed by atoms with Crippen molar-refractivity contribution in [3.05, 3.63) is 42.6 Å². The number of nitrogens with one attached hydrogen (secondary N) is 1. The van der Waals surface area contributed by atoms with Crippen molar-refractivity contribution in [2.24, 2.45) is 0 Å². The predicted octanol–water partition coefficient (Wildman–Crippen LogP) is 1.24. The molecule has 0 bridgehead atoms. The summed E-state index contributed by atoms with van der Waals surface area (Å²) in [6.45, 7) is 0. The molecule has 0 aliphatic heterocycles. The van der Waals surface area contributed by atoms with Gasteiger partial charge in [0.1, 0.15) is 0 Å². The zero-order valence-corrected chi connectivity index (χ0v) is 10.6. The highest BCUT2D eigenvalue weighted by atomic mass is 32.2. The Morgan fingerprint density at radius 2 is 1.78 bits per heavy atom. The van der Waals surface area contributed by atoms with Crippen molar-refractivity contribution in [2.45, 2.75) is 4.90 Å². The number of aromatic nitrogens is 1. The molecule has 0 radical (unpaired) electrons. The van der Waals surface area contributed by atoms with Crippen LogP contribution in [0.25, 0.3) is 11.3 Å². The summed E-state index contributed by atoms with van der Waals surface area (Å²) in [5.41, 5.74) is 7.73. The molecule has 0 fully saturated rings. The van der Waals surface area contributed by atoms with E-state index in [4.69, 9.17) is 5.73 Å². The van der Waals surface area contributed by atoms with Crippen LogP contribution in [0.2, 0.25) is 0 Å². The van der Waals surface area contributed by atoms with Crippen molar-refractivity contribution >= 4 is 15.7 Å². The van der Waals surface area contributed by atoms with Crippen LogP contribution in [0.15, 0.2) is 47.5 Å². The number of anilines is 1. The van der Waals surface area contributed by atoms with Gasteiger partial charge in [0.25, 0.3) is 0 Å². The van der Waals surface area contributed by atoms with Crippen molar-refractivity contribution in [2.75, 3.05) is 12.8 Å². The molecular weight excluding hydrogens is 250 g/mol. The summed E-state index contributed by atoms with van der Waals surface area (Å²) in [5, 5.41) is 0. The second kappa shape index (κ2) is 4.75. The van der Waals surface area contributed by atoms with Gasteiger partial charge in [-0.3, -0.25) is 4.98 Å². The fourth-order valence-electron chi connectivity index (χ4n) is 1.50. The molecule has 2 rings (SSSR count). The molecule has 0 aliphatic carbocycles. The second-order valence-corrected chi connectivity index (χ2v) is 5.60. The summed E-state index contributed by atoms with van der Waals surface area (Å²) in [4.78, 5) is 4.40. The minimum Gasteiger partial charge on any atom is -0.397 e. The predicted molar refractivity (Wildman–Crippen MR) is 70.3 cm³/mol. The maximum absolute atomic E-state index is 11.6. The molecule has 0 saturated carbocycles. The van der Waals surface area contributed by atoms with Gasteiger partial charge in [0, 0.05) is 5.56 Å². The van der Waals surface area contributed by atoms with Gasteiger partial charge in [-0.05, 0) is 31.3 Å². The van der Waals surface area contributed by atoms with Crippen LogP contribution in [0.5, 0.6) is 0 Å². The molecule has 0 amide bonds. The molecule has 2 aromatic rings. The lowest BCUT2D eigenvalue weighted by molar-refractivity contribution is 0.588. The van der Waals surface area contributed by atoms with Crippen LogP contribution in [-0.4, -0.2) is 20.4 Å². The fraction of sp³-hybridized carbons (Fsp3) is 0.0833. The van der Waals surface area contributed by atoms with Crippen molar-refractivity contribution in [1.29, 1.82) is 0 Å². The van der Waals surface area contributed by atoms with Gasteiger partial charge in [-0.2, -0.15) is 0 Å². The van der Waals surface area contributed by atoms with Crippen LogP contribution in [0, 0.1) is 0 Å². The lowest BCUT2D eigenvalue weighted by Gasteiger charge is -2.04. The molecule has 0 saturated heterocycles. The molecule has 0 aliphatic rings. The Morgan fingerprint density at radius 1 is 1.11 bits per heavy atom. The van der Waals surface area contributed by atoms with E-state index in [2.05, 4.69) is 9.71 Å². The first-order valence-corrected chi connectivity index (χ1v) is 6.77. The molecule has 1 heterocycles. The van der Waals surface area contributed by atoms with Gasteiger partial charge >= 0.3 is 0 Å². The molecule has 18 heavy (non-hydrogen) atoms. The Kier molecular flexibility index (Phi) is 3.31. The first-order valence-electron chi connectivity index (χ1n) is 5.28. The van der Waals surface area contributed by atoms with Crippen LogP contribution in [0.3, 0.4) is 0 Å². The lowest BCUT2D eigenvalue weighted by Crippen LogP contribution is -2.18. The average molecular weight is 263 g/mol. The van der Waals surface area contributed by atoms with Crippen molar-refractivity contribution in [3.63, 3.8) is 0 Å². The largest absolute Gasteiger partial charge is 0.397 e. The third-order valence-electron chi connectivity index (χ3n) is 2.52. The van der Waals surface area contributed by atoms with Gasteiger partial charge in [0.2, 0.25) is 10.0 Å². The normalized spacial score (nSPS) is 11.4. The number of rotatable bonds is 3. The number of pyridine rings is 1. The maximum Gasteiger partial charge on any atom is 0.240 e. The van der Waals surface area contributed by atoms with Gasteiger partial charge in [-0.15, -0.1) is 0 Å². The minimum absolute atomic E-state index is 0.226. The highest BCUT2D eigenvalue weighted by Crippen LogP contribution is 2.19. The highest BCUT2D eigenvalue weighted by molar-refractivity contribution is 7.89. The average Bonchev–Trinajstić information content (AvgIpc) is 2.40. The molecule has 94 valence electrons. The van der Waals surface area contributed by atoms with Crippen molar-refractivity contribution in [1.82, 2.24) is 9.71 Å². The third kappa shape index (κ3) is 2.49. The van der Waals surface area contributed by atoms with E-state index in [1.807, 2.05) is 0 Å². The Labute approximate surface area is 106 Å². The summed E-state index contributed by atoms with van der Waals surface area (Å²) in [7, 11) is -2.01. The molecular formula is C12H13N3O2S. The van der Waals surface area contributed by atoms with Crippen molar-refractivity contribution in [3.8, 4) is 11.3 Å². The summed E-state index contributed by atoms with van der Waals surface area (Å²) in [6, 6.07) is 10.0. The monoisotopic (exact) mass is 263 g/mol. The topological polar surface area (TPSA) is 85.1 Å². The Hall–Kier alpha value is -1.92. The van der Waals surface area contributed by atoms with Gasteiger partial charge in [-0.1, -0.05) is 12.1 Å². The van der Waals surface area contributed by atoms with Crippen LogP contribution in [0.1, 0.15) is 0 Å². The lowest BCUT2D eigenvalue weighted by atomic mass is 10.1. The standard InChI is InChI=1S/C12H13N3O2S/c1-14-18(16,17)11-5-2-9(3-6-11)12-7-4-10(13)8-15-12/h2-8,14H,13H2,1H3. The number of hydrogen-bond donors (Lipinski definition) is 2. The number of nitrogens with two attached hydrogens (primary N) is 1. The number of sulfonamides is 1. The van der Waals surface area contributed by atoms with Crippen LogP contribution >= 0.6 is 0 Å². The van der Waals surface area contributed by atoms with Gasteiger partial charge in [0.05, 0.1) is 22.5 Å². The van der Waals surface area contributed by atoms with Gasteiger partial charge in [0.15, 0.2) is 0 Å². The molecule has 0 atom stereocenters. The summed E-state index contributed by atoms with van der Waals surface area (Å²) in [6.07, 6.45) is 1.56. The molecule has 5 nitrogen and oxygen atoms in total. The van der Waals surface area contributed by atoms with Crippen LogP contribution < -0.4 is 10.5 Å². The highest BCUT2D eigenvalue weighted by Gasteiger charge is 2.10. The summed E-state index contributed by atoms with van der Waals surface area (Å²) in [5.74, 6) is 0. The van der Waals surface area contributed by atoms with E-state index in [1.165, 1.54) is 7.05 Å². The molecule has 3 N–H and O–H groups in total. The number of nitrogen functional groups attached to an aromatic ring is 1. The minimum atomic E-state index is -3.39. The molecule has 6 heteroatoms. The van der Waals surface area contributed by atoms with E-state index >= 15 is 0 Å².